The molecule has 2 aromatic heterocycles. The maximum absolute atomic E-state index is 12.9. The van der Waals surface area contributed by atoms with Crippen LogP contribution in [0.5, 0.6) is 0 Å². The van der Waals surface area contributed by atoms with Gasteiger partial charge in [-0.25, -0.2) is 14.8 Å². The van der Waals surface area contributed by atoms with E-state index >= 15 is 0 Å². The molecule has 1 saturated carbocycles. The molecule has 198 valence electrons. The lowest BCUT2D eigenvalue weighted by Gasteiger charge is -2.29. The Balaban J connectivity index is 1.31. The standard InChI is InChI=1S/C32H23Cl2N3O2S/c33-23-12-8-19(9-13-23)16-22-5-3-6-25-29(22)36-37(30(25)20-10-14-24(34)15-11-20)32-35-18-28(40-32)26-17-21-4-1-2-7-27(21)39-31(26)38/h1-2,4,7-18,25,30H,3,5-6H2. The Labute approximate surface area is 245 Å². The fourth-order valence-electron chi connectivity index (χ4n) is 5.64. The topological polar surface area (TPSA) is 58.7 Å². The quantitative estimate of drug-likeness (QED) is 0.198. The first kappa shape index (κ1) is 25.3. The van der Waals surface area contributed by atoms with Crippen LogP contribution in [0.15, 0.2) is 105 Å². The van der Waals surface area contributed by atoms with Crippen LogP contribution in [0.1, 0.15) is 36.4 Å². The van der Waals surface area contributed by atoms with Gasteiger partial charge in [0.15, 0.2) is 0 Å². The summed E-state index contributed by atoms with van der Waals surface area (Å²) in [5.74, 6) is 0.201. The van der Waals surface area contributed by atoms with Crippen LogP contribution in [0, 0.1) is 5.92 Å². The molecule has 0 N–H and O–H groups in total. The number of benzene rings is 3. The van der Waals surface area contributed by atoms with Crippen LogP contribution in [-0.2, 0) is 0 Å². The normalized spacial score (nSPS) is 19.7. The van der Waals surface area contributed by atoms with Crippen LogP contribution in [-0.4, -0.2) is 10.7 Å². The van der Waals surface area contributed by atoms with Gasteiger partial charge in [0.05, 0.1) is 22.2 Å². The molecular formula is C32H23Cl2N3O2S. The number of allylic oxidation sites excluding steroid dienone is 1. The van der Waals surface area contributed by atoms with Gasteiger partial charge in [0.2, 0.25) is 5.13 Å². The number of halogens is 2. The molecule has 40 heavy (non-hydrogen) atoms. The zero-order chi connectivity index (χ0) is 27.2. The monoisotopic (exact) mass is 583 g/mol. The van der Waals surface area contributed by atoms with Crippen LogP contribution in [0.25, 0.3) is 27.5 Å². The zero-order valence-electron chi connectivity index (χ0n) is 21.3. The number of aromatic nitrogens is 1. The van der Waals surface area contributed by atoms with Crippen LogP contribution in [0.3, 0.4) is 0 Å². The molecule has 0 bridgehead atoms. The lowest BCUT2D eigenvalue weighted by atomic mass is 9.77. The first-order valence-electron chi connectivity index (χ1n) is 13.1. The third kappa shape index (κ3) is 4.66. The molecule has 5 nitrogen and oxygen atoms in total. The molecule has 0 amide bonds. The highest BCUT2D eigenvalue weighted by atomic mass is 35.5. The number of rotatable bonds is 4. The van der Waals surface area contributed by atoms with E-state index in [0.717, 1.165) is 56.5 Å². The largest absolute Gasteiger partial charge is 0.422 e. The molecular weight excluding hydrogens is 561 g/mol. The Bertz CT molecular complexity index is 1840. The number of hydrazone groups is 1. The molecule has 8 heteroatoms. The van der Waals surface area contributed by atoms with E-state index in [2.05, 4.69) is 18.2 Å². The van der Waals surface area contributed by atoms with E-state index in [1.807, 2.05) is 65.7 Å². The Morgan fingerprint density at radius 1 is 0.975 bits per heavy atom. The van der Waals surface area contributed by atoms with Gasteiger partial charge in [0.25, 0.3) is 0 Å². The van der Waals surface area contributed by atoms with Crippen LogP contribution >= 0.6 is 34.5 Å². The van der Waals surface area contributed by atoms with Gasteiger partial charge in [-0.2, -0.15) is 5.10 Å². The molecule has 0 radical (unpaired) electrons. The number of para-hydroxylation sites is 1. The molecule has 1 fully saturated rings. The summed E-state index contributed by atoms with van der Waals surface area (Å²) in [6.07, 6.45) is 7.01. The van der Waals surface area contributed by atoms with E-state index in [9.17, 15) is 4.79 Å². The van der Waals surface area contributed by atoms with Crippen molar-refractivity contribution in [1.29, 1.82) is 0 Å². The molecule has 5 aromatic rings. The molecule has 0 spiro atoms. The van der Waals surface area contributed by atoms with Gasteiger partial charge >= 0.3 is 5.63 Å². The van der Waals surface area contributed by atoms with Crippen molar-refractivity contribution in [3.05, 3.63) is 122 Å². The van der Waals surface area contributed by atoms with Crippen molar-refractivity contribution < 1.29 is 4.42 Å². The first-order valence-corrected chi connectivity index (χ1v) is 14.7. The molecule has 7 rings (SSSR count). The summed E-state index contributed by atoms with van der Waals surface area (Å²) < 4.78 is 5.59. The van der Waals surface area contributed by atoms with Crippen LogP contribution < -0.4 is 10.6 Å². The average Bonchev–Trinajstić information content (AvgIpc) is 3.60. The lowest BCUT2D eigenvalue weighted by Crippen LogP contribution is -2.28. The minimum absolute atomic E-state index is 0.0341. The van der Waals surface area contributed by atoms with Gasteiger partial charge in [0.1, 0.15) is 5.58 Å². The number of hydrogen-bond donors (Lipinski definition) is 0. The SMILES string of the molecule is O=c1oc2ccccc2cc1-c1cnc(N2N=C3C(=Cc4ccc(Cl)cc4)CCCC3C2c2ccc(Cl)cc2)s1. The number of thiazole rings is 1. The van der Waals surface area contributed by atoms with Crippen LogP contribution in [0.2, 0.25) is 10.0 Å². The summed E-state index contributed by atoms with van der Waals surface area (Å²) in [7, 11) is 0. The van der Waals surface area contributed by atoms with E-state index in [1.54, 1.807) is 12.3 Å². The van der Waals surface area contributed by atoms with Crippen molar-refractivity contribution in [1.82, 2.24) is 4.98 Å². The second-order valence-corrected chi connectivity index (χ2v) is 11.9. The van der Waals surface area contributed by atoms with Gasteiger partial charge in [-0.3, -0.25) is 0 Å². The van der Waals surface area contributed by atoms with E-state index in [1.165, 1.54) is 16.9 Å². The fourth-order valence-corrected chi connectivity index (χ4v) is 6.80. The van der Waals surface area contributed by atoms with Gasteiger partial charge in [0, 0.05) is 27.5 Å². The summed E-state index contributed by atoms with van der Waals surface area (Å²) in [5, 5.41) is 10.2. The van der Waals surface area contributed by atoms with Crippen molar-refractivity contribution in [2.24, 2.45) is 11.0 Å². The molecule has 2 atom stereocenters. The molecule has 3 heterocycles. The summed E-state index contributed by atoms with van der Waals surface area (Å²) >= 11 is 13.8. The Morgan fingerprint density at radius 3 is 2.52 bits per heavy atom. The minimum Gasteiger partial charge on any atom is -0.422 e. The maximum atomic E-state index is 12.9. The Morgan fingerprint density at radius 2 is 1.73 bits per heavy atom. The fraction of sp³-hybridized carbons (Fsp3) is 0.156. The molecule has 1 aliphatic carbocycles. The molecule has 0 saturated heterocycles. The first-order chi connectivity index (χ1) is 19.5. The lowest BCUT2D eigenvalue weighted by molar-refractivity contribution is 0.487. The minimum atomic E-state index is -0.377. The van der Waals surface area contributed by atoms with E-state index in [-0.39, 0.29) is 17.6 Å². The molecule has 2 unspecified atom stereocenters. The van der Waals surface area contributed by atoms with E-state index < -0.39 is 0 Å². The number of anilines is 1. The Kier molecular flexibility index (Phi) is 6.54. The number of fused-ring (bicyclic) bond motifs is 2. The molecule has 1 aliphatic heterocycles. The van der Waals surface area contributed by atoms with Crippen molar-refractivity contribution in [2.75, 3.05) is 5.01 Å². The Hall–Kier alpha value is -3.71. The highest BCUT2D eigenvalue weighted by Gasteiger charge is 2.43. The van der Waals surface area contributed by atoms with Crippen molar-refractivity contribution in [3.8, 4) is 10.4 Å². The van der Waals surface area contributed by atoms with Gasteiger partial charge in [-0.1, -0.05) is 77.0 Å². The van der Waals surface area contributed by atoms with E-state index in [4.69, 9.17) is 37.7 Å². The van der Waals surface area contributed by atoms with Gasteiger partial charge in [-0.15, -0.1) is 0 Å². The predicted octanol–water partition coefficient (Wildman–Crippen LogP) is 9.02. The van der Waals surface area contributed by atoms with Gasteiger partial charge < -0.3 is 4.42 Å². The summed E-state index contributed by atoms with van der Waals surface area (Å²) in [6.45, 7) is 0. The molecule has 2 aliphatic rings. The van der Waals surface area contributed by atoms with E-state index in [0.29, 0.717) is 16.2 Å². The average molecular weight is 585 g/mol. The second kappa shape index (κ2) is 10.4. The van der Waals surface area contributed by atoms with Crippen LogP contribution in [0.4, 0.5) is 5.13 Å². The highest BCUT2D eigenvalue weighted by Crippen LogP contribution is 2.47. The second-order valence-electron chi connectivity index (χ2n) is 10.0. The third-order valence-electron chi connectivity index (χ3n) is 7.52. The van der Waals surface area contributed by atoms with Gasteiger partial charge in [-0.05, 0) is 78.4 Å². The number of hydrogen-bond acceptors (Lipinski definition) is 6. The van der Waals surface area contributed by atoms with Crippen molar-refractivity contribution in [3.63, 3.8) is 0 Å². The molecule has 3 aromatic carbocycles. The summed E-state index contributed by atoms with van der Waals surface area (Å²) in [6, 6.07) is 25.2. The smallest absolute Gasteiger partial charge is 0.345 e. The zero-order valence-corrected chi connectivity index (χ0v) is 23.6. The van der Waals surface area contributed by atoms with Crippen molar-refractivity contribution in [2.45, 2.75) is 25.3 Å². The van der Waals surface area contributed by atoms with Crippen molar-refractivity contribution >= 4 is 62.4 Å². The highest BCUT2D eigenvalue weighted by molar-refractivity contribution is 7.18. The maximum Gasteiger partial charge on any atom is 0.345 e. The summed E-state index contributed by atoms with van der Waals surface area (Å²) in [5.41, 5.74) is 5.23. The number of nitrogens with zero attached hydrogens (tertiary/aromatic N) is 3. The third-order valence-corrected chi connectivity index (χ3v) is 9.04. The predicted molar refractivity (Wildman–Crippen MR) is 164 cm³/mol. The summed E-state index contributed by atoms with van der Waals surface area (Å²) in [4.78, 5) is 18.4.